The molecule has 0 heterocycles. The first-order valence-corrected chi connectivity index (χ1v) is 24.8. The monoisotopic (exact) mass is 992 g/mol. The maximum absolute atomic E-state index is 12.5. The number of urea groups is 2. The fourth-order valence-corrected chi connectivity index (χ4v) is 7.84. The summed E-state index contributed by atoms with van der Waals surface area (Å²) in [7, 11) is -9.87. The van der Waals surface area contributed by atoms with Crippen LogP contribution in [0.3, 0.4) is 0 Å². The third kappa shape index (κ3) is 17.7. The van der Waals surface area contributed by atoms with Gasteiger partial charge in [-0.25, -0.2) is 58.3 Å². The highest BCUT2D eigenvalue weighted by molar-refractivity contribution is 8.13. The summed E-state index contributed by atoms with van der Waals surface area (Å²) in [5, 5.41) is 20.5. The molecule has 0 unspecified atom stereocenters. The van der Waals surface area contributed by atoms with Gasteiger partial charge in [0.05, 0.1) is 19.6 Å². The van der Waals surface area contributed by atoms with E-state index in [0.29, 0.717) is 34.9 Å². The van der Waals surface area contributed by atoms with Crippen molar-refractivity contribution in [2.24, 2.45) is 16.0 Å². The molecule has 340 valence electrons. The van der Waals surface area contributed by atoms with E-state index in [1.165, 1.54) is 78.9 Å². The fourth-order valence-electron chi connectivity index (χ4n) is 4.96. The van der Waals surface area contributed by atoms with Crippen molar-refractivity contribution < 1.29 is 43.3 Å². The number of carbonyl (C=O) groups excluding carboxylic acids is 2. The molecule has 0 aliphatic heterocycles. The van der Waals surface area contributed by atoms with Crippen LogP contribution in [0.25, 0.3) is 0 Å². The Kier molecular flexibility index (Phi) is 19.4. The van der Waals surface area contributed by atoms with E-state index in [2.05, 4.69) is 26.0 Å². The Morgan fingerprint density at radius 2 is 0.844 bits per heavy atom. The zero-order valence-corrected chi connectivity index (χ0v) is 38.0. The first kappa shape index (κ1) is 52.4. The molecule has 4 amide bonds. The molecule has 24 heteroatoms. The molecule has 11 N–H and O–H groups in total. The van der Waals surface area contributed by atoms with Gasteiger partial charge in [-0.05, 0) is 108 Å². The Balaban J connectivity index is 0.000000282. The second kappa shape index (κ2) is 23.7. The number of primary sulfonamides is 2. The maximum Gasteiger partial charge on any atom is 0.323 e. The van der Waals surface area contributed by atoms with Crippen LogP contribution >= 0.6 is 23.1 Å². The zero-order chi connectivity index (χ0) is 46.3. The van der Waals surface area contributed by atoms with Crippen LogP contribution in [-0.4, -0.2) is 45.7 Å². The predicted molar refractivity (Wildman–Crippen MR) is 249 cm³/mol. The lowest BCUT2D eigenvalue weighted by Crippen LogP contribution is -2.23. The van der Waals surface area contributed by atoms with Gasteiger partial charge in [0.2, 0.25) is 30.1 Å². The standard InChI is InChI=1S/C20H20N4O5S2.C13H11ClN2O3S.C7H10N2O2S.ClH/c21-30(26,27)19-8-4-5-15(13-19)14-22-31(28,29)18-11-9-17(10-12-18)24-20(25)23-16-6-2-1-3-7-16;14-20(18,19)12-8-6-11(7-9-12)16-13(17)15-10-4-2-1-3-5-10;8-5-6-1-3-7(4-2-6)12(9,10)11;/h1-13,22H,14H2,(H2,21,26,27)(H2,23,24,25);1-9H,(H2,15,16,17);1-4H,5,8H2,(H2,9,10,11);1H. The molecular formula is C40H42Cl2N8O10S4. The molecule has 0 spiro atoms. The number of halogens is 2. The molecule has 6 aromatic rings. The first-order chi connectivity index (χ1) is 29.6. The minimum absolute atomic E-state index is 0. The van der Waals surface area contributed by atoms with Gasteiger partial charge in [-0.15, -0.1) is 12.4 Å². The molecule has 6 aromatic carbocycles. The number of carbonyl (C=O) groups is 2. The number of para-hydroxylation sites is 2. The molecule has 0 aromatic heterocycles. The minimum Gasteiger partial charge on any atom is -0.326 e. The molecule has 0 aliphatic rings. The van der Waals surface area contributed by atoms with E-state index in [1.807, 2.05) is 12.1 Å². The highest BCUT2D eigenvalue weighted by Crippen LogP contribution is 2.19. The number of hydrogen-bond donors (Lipinski definition) is 8. The molecular weight excluding hydrogens is 952 g/mol. The van der Waals surface area contributed by atoms with Crippen molar-refractivity contribution in [3.8, 4) is 0 Å². The predicted octanol–water partition coefficient (Wildman–Crippen LogP) is 5.93. The van der Waals surface area contributed by atoms with Crippen molar-refractivity contribution in [2.75, 3.05) is 21.3 Å². The van der Waals surface area contributed by atoms with Crippen LogP contribution in [-0.2, 0) is 52.2 Å². The lowest BCUT2D eigenvalue weighted by Gasteiger charge is -2.10. The molecule has 0 aliphatic carbocycles. The first-order valence-electron chi connectivity index (χ1n) is 18.0. The number of rotatable bonds is 12. The van der Waals surface area contributed by atoms with Crippen molar-refractivity contribution in [3.63, 3.8) is 0 Å². The second-order valence-electron chi connectivity index (χ2n) is 12.8. The summed E-state index contributed by atoms with van der Waals surface area (Å²) < 4.78 is 94.0. The Labute approximate surface area is 381 Å². The number of nitrogens with one attached hydrogen (secondary N) is 5. The van der Waals surface area contributed by atoms with Gasteiger partial charge in [0.15, 0.2) is 0 Å². The lowest BCUT2D eigenvalue weighted by molar-refractivity contribution is 0.261. The van der Waals surface area contributed by atoms with Crippen molar-refractivity contribution in [1.29, 1.82) is 0 Å². The van der Waals surface area contributed by atoms with Crippen LogP contribution in [0.2, 0.25) is 0 Å². The topological polar surface area (TPSA) is 309 Å². The van der Waals surface area contributed by atoms with E-state index in [4.69, 9.17) is 26.7 Å². The van der Waals surface area contributed by atoms with Crippen molar-refractivity contribution in [1.82, 2.24) is 4.72 Å². The largest absolute Gasteiger partial charge is 0.326 e. The summed E-state index contributed by atoms with van der Waals surface area (Å²) in [6.07, 6.45) is 0. The van der Waals surface area contributed by atoms with Gasteiger partial charge >= 0.3 is 12.1 Å². The molecule has 0 bridgehead atoms. The SMILES string of the molecule is Cl.NCc1ccc(S(N)(=O)=O)cc1.NS(=O)(=O)c1cccc(CNS(=O)(=O)c2ccc(NC(=O)Nc3ccccc3)cc2)c1.O=C(Nc1ccccc1)Nc1ccc(S(=O)(=O)Cl)cc1. The summed E-state index contributed by atoms with van der Waals surface area (Å²) in [5.41, 5.74) is 8.79. The summed E-state index contributed by atoms with van der Waals surface area (Å²) in [5.74, 6) is 0. The number of nitrogens with two attached hydrogens (primary N) is 3. The molecule has 0 radical (unpaired) electrons. The van der Waals surface area contributed by atoms with Crippen LogP contribution in [0.4, 0.5) is 32.3 Å². The van der Waals surface area contributed by atoms with Gasteiger partial charge in [0, 0.05) is 46.5 Å². The van der Waals surface area contributed by atoms with E-state index < -0.39 is 51.2 Å². The number of anilines is 4. The molecule has 0 saturated heterocycles. The van der Waals surface area contributed by atoms with Gasteiger partial charge in [-0.2, -0.15) is 0 Å². The number of hydrogen-bond acceptors (Lipinski definition) is 11. The number of benzene rings is 6. The quantitative estimate of drug-likeness (QED) is 0.0665. The minimum atomic E-state index is -3.88. The summed E-state index contributed by atoms with van der Waals surface area (Å²) in [6, 6.07) is 40.0. The average Bonchev–Trinajstić information content (AvgIpc) is 3.24. The Bertz CT molecular complexity index is 2940. The summed E-state index contributed by atoms with van der Waals surface area (Å²) in [4.78, 5) is 23.7. The van der Waals surface area contributed by atoms with E-state index in [1.54, 1.807) is 66.7 Å². The van der Waals surface area contributed by atoms with Crippen LogP contribution in [0.15, 0.2) is 177 Å². The zero-order valence-electron chi connectivity index (χ0n) is 33.2. The van der Waals surface area contributed by atoms with Gasteiger partial charge < -0.3 is 27.0 Å². The molecule has 64 heavy (non-hydrogen) atoms. The van der Waals surface area contributed by atoms with E-state index in [9.17, 15) is 43.3 Å². The molecule has 6 rings (SSSR count). The van der Waals surface area contributed by atoms with Crippen molar-refractivity contribution in [3.05, 3.63) is 169 Å². The molecule has 0 fully saturated rings. The van der Waals surface area contributed by atoms with E-state index >= 15 is 0 Å². The van der Waals surface area contributed by atoms with Gasteiger partial charge in [0.1, 0.15) is 0 Å². The molecule has 0 atom stereocenters. The Morgan fingerprint density at radius 1 is 0.453 bits per heavy atom. The normalized spacial score (nSPS) is 11.2. The van der Waals surface area contributed by atoms with E-state index in [-0.39, 0.29) is 38.5 Å². The smallest absolute Gasteiger partial charge is 0.323 e. The van der Waals surface area contributed by atoms with Gasteiger partial charge in [0.25, 0.3) is 9.05 Å². The van der Waals surface area contributed by atoms with Crippen molar-refractivity contribution >= 4 is 97.0 Å². The number of amides is 4. The lowest BCUT2D eigenvalue weighted by atomic mass is 10.2. The molecule has 0 saturated carbocycles. The summed E-state index contributed by atoms with van der Waals surface area (Å²) >= 11 is 0. The van der Waals surface area contributed by atoms with Crippen LogP contribution in [0.5, 0.6) is 0 Å². The number of sulfonamides is 3. The third-order valence-electron chi connectivity index (χ3n) is 8.06. The molecule has 18 nitrogen and oxygen atoms in total. The highest BCUT2D eigenvalue weighted by Gasteiger charge is 2.16. The van der Waals surface area contributed by atoms with Crippen LogP contribution in [0, 0.1) is 0 Å². The third-order valence-corrected chi connectivity index (χ3v) is 12.7. The van der Waals surface area contributed by atoms with Gasteiger partial charge in [-0.3, -0.25) is 0 Å². The van der Waals surface area contributed by atoms with E-state index in [0.717, 1.165) is 5.56 Å². The maximum atomic E-state index is 12.5. The average molecular weight is 994 g/mol. The summed E-state index contributed by atoms with van der Waals surface area (Å²) in [6.45, 7) is 0.274. The van der Waals surface area contributed by atoms with Crippen LogP contribution < -0.4 is 42.0 Å². The van der Waals surface area contributed by atoms with Gasteiger partial charge in [-0.1, -0.05) is 60.7 Å². The second-order valence-corrected chi connectivity index (χ2v) is 20.2. The Morgan fingerprint density at radius 3 is 1.23 bits per heavy atom. The Hall–Kier alpha value is -5.92. The highest BCUT2D eigenvalue weighted by atomic mass is 35.7. The van der Waals surface area contributed by atoms with Crippen LogP contribution in [0.1, 0.15) is 11.1 Å². The fraction of sp³-hybridized carbons (Fsp3) is 0.0500. The van der Waals surface area contributed by atoms with Crippen molar-refractivity contribution in [2.45, 2.75) is 32.7 Å².